The Bertz CT molecular complexity index is 374. The molecule has 2 heterocycles. The Morgan fingerprint density at radius 2 is 1.94 bits per heavy atom. The molecule has 1 aliphatic rings. The smallest absolute Gasteiger partial charge is 0.144 e. The summed E-state index contributed by atoms with van der Waals surface area (Å²) in [6, 6.07) is 4.18. The fraction of sp³-hybridized carbons (Fsp3) is 0.643. The molecule has 0 aromatic carbocycles. The Labute approximate surface area is 103 Å². The zero-order chi connectivity index (χ0) is 12.5. The highest BCUT2D eigenvalue weighted by atomic mass is 16.3. The molecular weight excluding hydrogens is 212 g/mol. The third kappa shape index (κ3) is 3.43. The average molecular weight is 234 g/mol. The largest absolute Gasteiger partial charge is 0.463 e. The van der Waals surface area contributed by atoms with Crippen molar-refractivity contribution in [1.29, 1.82) is 0 Å². The molecule has 94 valence electrons. The third-order valence-electron chi connectivity index (χ3n) is 3.12. The maximum absolute atomic E-state index is 5.26. The summed E-state index contributed by atoms with van der Waals surface area (Å²) in [4.78, 5) is 4.66. The lowest BCUT2D eigenvalue weighted by Crippen LogP contribution is -2.58. The quantitative estimate of drug-likeness (QED) is 0.799. The zero-order valence-electron chi connectivity index (χ0n) is 11.2. The van der Waals surface area contributed by atoms with E-state index in [-0.39, 0.29) is 11.1 Å². The van der Waals surface area contributed by atoms with E-state index in [9.17, 15) is 0 Å². The van der Waals surface area contributed by atoms with Crippen LogP contribution >= 0.6 is 0 Å². The van der Waals surface area contributed by atoms with Crippen LogP contribution in [0.4, 0.5) is 0 Å². The van der Waals surface area contributed by atoms with Crippen LogP contribution in [-0.4, -0.2) is 23.3 Å². The first-order valence-corrected chi connectivity index (χ1v) is 6.22. The number of nitrogens with zero attached hydrogens (tertiary/aromatic N) is 1. The second-order valence-corrected chi connectivity index (χ2v) is 6.25. The summed E-state index contributed by atoms with van der Waals surface area (Å²) in [5.41, 5.74) is 0.292. The van der Waals surface area contributed by atoms with Crippen molar-refractivity contribution in [2.75, 3.05) is 0 Å². The van der Waals surface area contributed by atoms with Crippen LogP contribution in [0.25, 0.3) is 0 Å². The average Bonchev–Trinajstić information content (AvgIpc) is 2.61. The van der Waals surface area contributed by atoms with Crippen LogP contribution in [0.2, 0.25) is 0 Å². The van der Waals surface area contributed by atoms with Crippen LogP contribution in [0.5, 0.6) is 0 Å². The number of rotatable bonds is 2. The van der Waals surface area contributed by atoms with Crippen molar-refractivity contribution in [3.8, 4) is 0 Å². The molecule has 1 aromatic rings. The molecule has 1 N–H and O–H groups in total. The van der Waals surface area contributed by atoms with E-state index in [0.717, 1.165) is 18.6 Å². The molecule has 1 aromatic heterocycles. The Morgan fingerprint density at radius 3 is 2.47 bits per heavy atom. The van der Waals surface area contributed by atoms with Gasteiger partial charge >= 0.3 is 0 Å². The normalized spacial score (nSPS) is 24.2. The minimum atomic E-state index is 0.146. The van der Waals surface area contributed by atoms with E-state index in [1.807, 2.05) is 18.3 Å². The van der Waals surface area contributed by atoms with Crippen LogP contribution in [0.15, 0.2) is 27.8 Å². The lowest BCUT2D eigenvalue weighted by atomic mass is 9.80. The van der Waals surface area contributed by atoms with E-state index in [0.29, 0.717) is 6.04 Å². The molecule has 0 saturated carbocycles. The number of nitrogens with one attached hydrogen (secondary N) is 1. The number of piperidine rings is 1. The molecule has 1 saturated heterocycles. The number of furan rings is 1. The predicted octanol–water partition coefficient (Wildman–Crippen LogP) is 3.01. The fourth-order valence-electron chi connectivity index (χ4n) is 2.92. The minimum absolute atomic E-state index is 0.146. The monoisotopic (exact) mass is 234 g/mol. The van der Waals surface area contributed by atoms with Gasteiger partial charge in [0.1, 0.15) is 5.76 Å². The topological polar surface area (TPSA) is 37.5 Å². The molecule has 2 rings (SSSR count). The van der Waals surface area contributed by atoms with Crippen LogP contribution in [0.1, 0.15) is 46.3 Å². The van der Waals surface area contributed by atoms with E-state index in [2.05, 4.69) is 38.0 Å². The van der Waals surface area contributed by atoms with Gasteiger partial charge in [-0.15, -0.1) is 0 Å². The second-order valence-electron chi connectivity index (χ2n) is 6.25. The highest BCUT2D eigenvalue weighted by Crippen LogP contribution is 2.30. The number of hydrogen-bond donors (Lipinski definition) is 1. The van der Waals surface area contributed by atoms with Crippen LogP contribution < -0.4 is 5.32 Å². The summed E-state index contributed by atoms with van der Waals surface area (Å²) in [6.07, 6.45) is 5.65. The van der Waals surface area contributed by atoms with Crippen molar-refractivity contribution in [3.05, 3.63) is 24.2 Å². The van der Waals surface area contributed by atoms with Gasteiger partial charge in [-0.05, 0) is 52.7 Å². The van der Waals surface area contributed by atoms with E-state index in [1.165, 1.54) is 0 Å². The van der Waals surface area contributed by atoms with Crippen molar-refractivity contribution in [1.82, 2.24) is 5.32 Å². The number of hydrogen-bond acceptors (Lipinski definition) is 3. The highest BCUT2D eigenvalue weighted by Gasteiger charge is 2.37. The molecule has 0 unspecified atom stereocenters. The molecular formula is C14H22N2O. The van der Waals surface area contributed by atoms with Crippen molar-refractivity contribution < 1.29 is 4.42 Å². The van der Waals surface area contributed by atoms with Gasteiger partial charge < -0.3 is 9.73 Å². The first kappa shape index (κ1) is 12.4. The van der Waals surface area contributed by atoms with Crippen LogP contribution in [0, 0.1) is 0 Å². The standard InChI is InChI=1S/C14H22N2O/c1-13(2)8-11(9-14(3,4)16-13)15-10-12-6-5-7-17-12/h5-7,10-11,16H,8-9H2,1-4H3. The van der Waals surface area contributed by atoms with Crippen molar-refractivity contribution >= 4 is 6.21 Å². The van der Waals surface area contributed by atoms with Gasteiger partial charge in [0.05, 0.1) is 18.5 Å². The van der Waals surface area contributed by atoms with Gasteiger partial charge in [0.15, 0.2) is 0 Å². The molecule has 3 heteroatoms. The Balaban J connectivity index is 2.06. The van der Waals surface area contributed by atoms with Gasteiger partial charge in [-0.1, -0.05) is 0 Å². The van der Waals surface area contributed by atoms with E-state index in [4.69, 9.17) is 4.42 Å². The summed E-state index contributed by atoms with van der Waals surface area (Å²) in [5.74, 6) is 0.833. The summed E-state index contributed by atoms with van der Waals surface area (Å²) in [7, 11) is 0. The molecule has 17 heavy (non-hydrogen) atoms. The molecule has 0 bridgehead atoms. The van der Waals surface area contributed by atoms with E-state index < -0.39 is 0 Å². The van der Waals surface area contributed by atoms with Crippen LogP contribution in [-0.2, 0) is 0 Å². The predicted molar refractivity (Wildman–Crippen MR) is 70.6 cm³/mol. The van der Waals surface area contributed by atoms with Gasteiger partial charge in [-0.3, -0.25) is 4.99 Å². The minimum Gasteiger partial charge on any atom is -0.463 e. The molecule has 0 spiro atoms. The molecule has 1 fully saturated rings. The van der Waals surface area contributed by atoms with Gasteiger partial charge in [0.2, 0.25) is 0 Å². The Kier molecular flexibility index (Phi) is 3.13. The van der Waals surface area contributed by atoms with Crippen LogP contribution in [0.3, 0.4) is 0 Å². The van der Waals surface area contributed by atoms with Gasteiger partial charge in [-0.25, -0.2) is 0 Å². The summed E-state index contributed by atoms with van der Waals surface area (Å²) >= 11 is 0. The zero-order valence-corrected chi connectivity index (χ0v) is 11.2. The molecule has 0 amide bonds. The molecule has 0 atom stereocenters. The highest BCUT2D eigenvalue weighted by molar-refractivity contribution is 5.75. The molecule has 1 aliphatic heterocycles. The summed E-state index contributed by atoms with van der Waals surface area (Å²) in [5, 5.41) is 3.66. The van der Waals surface area contributed by atoms with Crippen molar-refractivity contribution in [3.63, 3.8) is 0 Å². The van der Waals surface area contributed by atoms with Gasteiger partial charge in [-0.2, -0.15) is 0 Å². The lowest BCUT2D eigenvalue weighted by molar-refractivity contribution is 0.164. The maximum atomic E-state index is 5.26. The van der Waals surface area contributed by atoms with Crippen molar-refractivity contribution in [2.45, 2.75) is 57.7 Å². The maximum Gasteiger partial charge on any atom is 0.144 e. The first-order chi connectivity index (χ1) is 7.86. The SMILES string of the molecule is CC1(C)CC(N=Cc2ccco2)CC(C)(C)N1. The Morgan fingerprint density at radius 1 is 1.29 bits per heavy atom. The molecule has 0 radical (unpaired) electrons. The van der Waals surface area contributed by atoms with E-state index in [1.54, 1.807) is 6.26 Å². The molecule has 3 nitrogen and oxygen atoms in total. The van der Waals surface area contributed by atoms with Gasteiger partial charge in [0, 0.05) is 11.1 Å². The summed E-state index contributed by atoms with van der Waals surface area (Å²) in [6.45, 7) is 8.96. The van der Waals surface area contributed by atoms with E-state index >= 15 is 0 Å². The Hall–Kier alpha value is -1.09. The number of aliphatic imine (C=N–C) groups is 1. The fourth-order valence-corrected chi connectivity index (χ4v) is 2.92. The second kappa shape index (κ2) is 4.30. The summed E-state index contributed by atoms with van der Waals surface area (Å²) < 4.78 is 5.26. The van der Waals surface area contributed by atoms with Crippen molar-refractivity contribution in [2.24, 2.45) is 4.99 Å². The van der Waals surface area contributed by atoms with Gasteiger partial charge in [0.25, 0.3) is 0 Å². The first-order valence-electron chi connectivity index (χ1n) is 6.22. The lowest BCUT2D eigenvalue weighted by Gasteiger charge is -2.45. The molecule has 0 aliphatic carbocycles. The third-order valence-corrected chi connectivity index (χ3v) is 3.12.